The summed E-state index contributed by atoms with van der Waals surface area (Å²) < 4.78 is 2.00. The first-order valence-corrected chi connectivity index (χ1v) is 8.36. The van der Waals surface area contributed by atoms with Crippen molar-refractivity contribution < 1.29 is 14.4 Å². The molecule has 24 heavy (non-hydrogen) atoms. The zero-order valence-electron chi connectivity index (χ0n) is 14.0. The summed E-state index contributed by atoms with van der Waals surface area (Å²) in [5, 5.41) is 2.76. The lowest BCUT2D eigenvalue weighted by molar-refractivity contribution is -0.131. The van der Waals surface area contributed by atoms with E-state index in [4.69, 9.17) is 0 Å². The number of amides is 4. The van der Waals surface area contributed by atoms with Crippen molar-refractivity contribution in [3.63, 3.8) is 0 Å². The number of imide groups is 1. The summed E-state index contributed by atoms with van der Waals surface area (Å²) in [7, 11) is 2.94. The number of rotatable bonds is 4. The van der Waals surface area contributed by atoms with Gasteiger partial charge >= 0.3 is 6.03 Å². The number of aromatic nitrogens is 2. The summed E-state index contributed by atoms with van der Waals surface area (Å²) in [6.45, 7) is 4.36. The Morgan fingerprint density at radius 3 is 2.62 bits per heavy atom. The Morgan fingerprint density at radius 2 is 2.04 bits per heavy atom. The number of carbonyl (C=O) groups excluding carboxylic acids is 3. The molecule has 0 unspecified atom stereocenters. The third kappa shape index (κ3) is 2.64. The highest BCUT2D eigenvalue weighted by Gasteiger charge is 2.41. The fourth-order valence-electron chi connectivity index (χ4n) is 2.70. The fraction of sp³-hybridized carbons (Fsp3) is 0.467. The number of nitrogens with one attached hydrogen (secondary N) is 1. The number of aryl methyl sites for hydroxylation is 2. The van der Waals surface area contributed by atoms with Crippen LogP contribution in [-0.2, 0) is 16.1 Å². The molecule has 0 aromatic carbocycles. The van der Waals surface area contributed by atoms with Crippen molar-refractivity contribution >= 4 is 34.1 Å². The molecular weight excluding hydrogens is 330 g/mol. The molecule has 0 saturated carbocycles. The second-order valence-electron chi connectivity index (χ2n) is 5.92. The first-order chi connectivity index (χ1) is 11.3. The maximum absolute atomic E-state index is 12.1. The van der Waals surface area contributed by atoms with Crippen molar-refractivity contribution in [3.05, 3.63) is 22.5 Å². The SMILES string of the molecule is Cc1sc2nc(CNC(=O)C[C@H]3C(=O)N(C)C(=O)N3C)cn2c1C. The Labute approximate surface area is 143 Å². The number of nitrogens with zero attached hydrogens (tertiary/aromatic N) is 4. The zero-order chi connectivity index (χ0) is 17.6. The maximum Gasteiger partial charge on any atom is 0.326 e. The molecule has 128 valence electrons. The standard InChI is InChI=1S/C15H19N5O3S/c1-8-9(2)24-14-17-10(7-20(8)14)6-16-12(21)5-11-13(22)19(4)15(23)18(11)3/h7,11H,5-6H2,1-4H3,(H,16,21)/t11-/m0/s1. The van der Waals surface area contributed by atoms with Gasteiger partial charge in [0.2, 0.25) is 5.91 Å². The first kappa shape index (κ1) is 16.4. The lowest BCUT2D eigenvalue weighted by Gasteiger charge is -2.15. The van der Waals surface area contributed by atoms with Crippen LogP contribution in [0, 0.1) is 13.8 Å². The molecular formula is C15H19N5O3S. The van der Waals surface area contributed by atoms with Crippen molar-refractivity contribution in [1.82, 2.24) is 24.5 Å². The zero-order valence-corrected chi connectivity index (χ0v) is 14.8. The number of likely N-dealkylation sites (N-methyl/N-ethyl adjacent to an activating group) is 2. The van der Waals surface area contributed by atoms with Crippen molar-refractivity contribution in [1.29, 1.82) is 0 Å². The molecule has 9 heteroatoms. The molecule has 1 aliphatic rings. The number of thiazole rings is 1. The smallest absolute Gasteiger partial charge is 0.326 e. The summed E-state index contributed by atoms with van der Waals surface area (Å²) in [4.78, 5) is 44.7. The third-order valence-electron chi connectivity index (χ3n) is 4.36. The molecule has 3 rings (SSSR count). The fourth-order valence-corrected chi connectivity index (χ4v) is 3.67. The van der Waals surface area contributed by atoms with Crippen LogP contribution in [0.5, 0.6) is 0 Å². The highest BCUT2D eigenvalue weighted by Crippen LogP contribution is 2.21. The molecule has 0 bridgehead atoms. The molecule has 1 atom stereocenters. The van der Waals surface area contributed by atoms with E-state index in [1.165, 1.54) is 23.9 Å². The predicted molar refractivity (Wildman–Crippen MR) is 88.7 cm³/mol. The quantitative estimate of drug-likeness (QED) is 0.831. The molecule has 2 aromatic rings. The Kier molecular flexibility index (Phi) is 4.04. The van der Waals surface area contributed by atoms with Crippen LogP contribution >= 0.6 is 11.3 Å². The number of hydrogen-bond acceptors (Lipinski definition) is 5. The van der Waals surface area contributed by atoms with E-state index in [0.29, 0.717) is 6.54 Å². The normalized spacial score (nSPS) is 18.1. The maximum atomic E-state index is 12.1. The minimum absolute atomic E-state index is 0.0498. The van der Waals surface area contributed by atoms with Gasteiger partial charge in [-0.25, -0.2) is 9.78 Å². The monoisotopic (exact) mass is 349 g/mol. The van der Waals surface area contributed by atoms with E-state index in [2.05, 4.69) is 10.3 Å². The van der Waals surface area contributed by atoms with Gasteiger partial charge in [-0.05, 0) is 13.8 Å². The van der Waals surface area contributed by atoms with Gasteiger partial charge in [-0.2, -0.15) is 0 Å². The molecule has 1 aliphatic heterocycles. The van der Waals surface area contributed by atoms with Gasteiger partial charge < -0.3 is 10.2 Å². The minimum Gasteiger partial charge on any atom is -0.350 e. The summed E-state index contributed by atoms with van der Waals surface area (Å²) >= 11 is 1.61. The lowest BCUT2D eigenvalue weighted by atomic mass is 10.2. The summed E-state index contributed by atoms with van der Waals surface area (Å²) in [6, 6.07) is -1.13. The van der Waals surface area contributed by atoms with Crippen LogP contribution in [0.1, 0.15) is 22.7 Å². The Balaban J connectivity index is 1.61. The van der Waals surface area contributed by atoms with Crippen LogP contribution in [0.3, 0.4) is 0 Å². The average Bonchev–Trinajstić information content (AvgIpc) is 3.12. The highest BCUT2D eigenvalue weighted by atomic mass is 32.1. The molecule has 0 spiro atoms. The molecule has 8 nitrogen and oxygen atoms in total. The van der Waals surface area contributed by atoms with Gasteiger partial charge in [0, 0.05) is 30.9 Å². The van der Waals surface area contributed by atoms with Crippen LogP contribution in [0.2, 0.25) is 0 Å². The van der Waals surface area contributed by atoms with E-state index in [-0.39, 0.29) is 18.2 Å². The van der Waals surface area contributed by atoms with E-state index in [1.807, 2.05) is 24.4 Å². The number of hydrogen-bond donors (Lipinski definition) is 1. The van der Waals surface area contributed by atoms with E-state index in [9.17, 15) is 14.4 Å². The van der Waals surface area contributed by atoms with Crippen LogP contribution in [0.15, 0.2) is 6.20 Å². The molecule has 0 radical (unpaired) electrons. The Morgan fingerprint density at radius 1 is 1.33 bits per heavy atom. The molecule has 1 fully saturated rings. The van der Waals surface area contributed by atoms with Crippen molar-refractivity contribution in [2.75, 3.05) is 14.1 Å². The lowest BCUT2D eigenvalue weighted by Crippen LogP contribution is -2.37. The van der Waals surface area contributed by atoms with Crippen molar-refractivity contribution in [2.45, 2.75) is 32.9 Å². The topological polar surface area (TPSA) is 87.0 Å². The van der Waals surface area contributed by atoms with Crippen LogP contribution in [-0.4, -0.2) is 57.2 Å². The molecule has 1 saturated heterocycles. The van der Waals surface area contributed by atoms with E-state index >= 15 is 0 Å². The van der Waals surface area contributed by atoms with Gasteiger partial charge in [-0.15, -0.1) is 11.3 Å². The second kappa shape index (κ2) is 5.90. The average molecular weight is 349 g/mol. The van der Waals surface area contributed by atoms with Crippen LogP contribution < -0.4 is 5.32 Å². The molecule has 0 aliphatic carbocycles. The molecule has 2 aromatic heterocycles. The summed E-state index contributed by atoms with van der Waals surface area (Å²) in [6.07, 6.45) is 1.85. The Bertz CT molecular complexity index is 840. The van der Waals surface area contributed by atoms with Crippen LogP contribution in [0.4, 0.5) is 4.79 Å². The third-order valence-corrected chi connectivity index (χ3v) is 5.43. The molecule has 1 N–H and O–H groups in total. The van der Waals surface area contributed by atoms with Gasteiger partial charge in [0.1, 0.15) is 6.04 Å². The Hall–Kier alpha value is -2.42. The summed E-state index contributed by atoms with van der Waals surface area (Å²) in [5.74, 6) is -0.640. The number of carbonyl (C=O) groups is 3. The second-order valence-corrected chi connectivity index (χ2v) is 7.10. The van der Waals surface area contributed by atoms with Gasteiger partial charge in [0.05, 0.1) is 18.7 Å². The van der Waals surface area contributed by atoms with Gasteiger partial charge in [0.15, 0.2) is 4.96 Å². The largest absolute Gasteiger partial charge is 0.350 e. The summed E-state index contributed by atoms with van der Waals surface area (Å²) in [5.41, 5.74) is 1.90. The van der Waals surface area contributed by atoms with E-state index in [0.717, 1.165) is 21.2 Å². The molecule has 3 heterocycles. The predicted octanol–water partition coefficient (Wildman–Crippen LogP) is 0.911. The number of fused-ring (bicyclic) bond motifs is 1. The van der Waals surface area contributed by atoms with Crippen molar-refractivity contribution in [3.8, 4) is 0 Å². The molecule has 4 amide bonds. The van der Waals surface area contributed by atoms with Crippen molar-refractivity contribution in [2.24, 2.45) is 0 Å². The number of urea groups is 1. The van der Waals surface area contributed by atoms with Crippen LogP contribution in [0.25, 0.3) is 4.96 Å². The van der Waals surface area contributed by atoms with Gasteiger partial charge in [-0.1, -0.05) is 0 Å². The van der Waals surface area contributed by atoms with Gasteiger partial charge in [-0.3, -0.25) is 18.9 Å². The van der Waals surface area contributed by atoms with E-state index < -0.39 is 12.1 Å². The number of imidazole rings is 1. The first-order valence-electron chi connectivity index (χ1n) is 7.54. The van der Waals surface area contributed by atoms with E-state index in [1.54, 1.807) is 11.3 Å². The minimum atomic E-state index is -0.738. The highest BCUT2D eigenvalue weighted by molar-refractivity contribution is 7.17. The van der Waals surface area contributed by atoms with Gasteiger partial charge in [0.25, 0.3) is 5.91 Å².